The minimum absolute atomic E-state index is 0.0999. The molecule has 9 heteroatoms. The van der Waals surface area contributed by atoms with E-state index in [9.17, 15) is 18.0 Å². The molecule has 1 aliphatic rings. The second-order valence-corrected chi connectivity index (χ2v) is 10.8. The van der Waals surface area contributed by atoms with Crippen molar-refractivity contribution in [3.8, 4) is 0 Å². The monoisotopic (exact) mass is 513 g/mol. The van der Waals surface area contributed by atoms with Gasteiger partial charge in [0.2, 0.25) is 11.8 Å². The molecule has 0 aliphatic carbocycles. The van der Waals surface area contributed by atoms with Crippen LogP contribution in [0.4, 0.5) is 5.69 Å². The molecule has 0 aromatic heterocycles. The van der Waals surface area contributed by atoms with Gasteiger partial charge < -0.3 is 10.2 Å². The number of halogens is 1. The van der Waals surface area contributed by atoms with Crippen molar-refractivity contribution >= 4 is 49.9 Å². The summed E-state index contributed by atoms with van der Waals surface area (Å²) >= 11 is 6.11. The van der Waals surface area contributed by atoms with Gasteiger partial charge in [0.15, 0.2) is 0 Å². The molecule has 0 fully saturated rings. The first-order chi connectivity index (χ1) is 16.7. The van der Waals surface area contributed by atoms with Gasteiger partial charge in [-0.2, -0.15) is 0 Å². The molecule has 0 bridgehead atoms. The highest BCUT2D eigenvalue weighted by Crippen LogP contribution is 2.42. The van der Waals surface area contributed by atoms with E-state index < -0.39 is 16.1 Å². The predicted octanol–water partition coefficient (Wildman–Crippen LogP) is 4.34. The van der Waals surface area contributed by atoms with E-state index in [1.165, 1.54) is 9.21 Å². The van der Waals surface area contributed by atoms with Crippen molar-refractivity contribution in [2.75, 3.05) is 17.4 Å². The van der Waals surface area contributed by atoms with Crippen LogP contribution in [0.3, 0.4) is 0 Å². The smallest absolute Gasteiger partial charge is 0.265 e. The van der Waals surface area contributed by atoms with Crippen molar-refractivity contribution in [1.29, 1.82) is 0 Å². The normalized spacial score (nSPS) is 14.7. The molecule has 0 saturated heterocycles. The second-order valence-electron chi connectivity index (χ2n) is 8.53. The lowest BCUT2D eigenvalue weighted by Crippen LogP contribution is -2.47. The van der Waals surface area contributed by atoms with Gasteiger partial charge in [-0.3, -0.25) is 13.9 Å². The summed E-state index contributed by atoms with van der Waals surface area (Å²) in [5, 5.41) is 4.90. The number of carbonyl (C=O) groups excluding carboxylic acids is 2. The first-order valence-corrected chi connectivity index (χ1v) is 13.4. The molecule has 2 amide bonds. The molecule has 3 aromatic rings. The van der Waals surface area contributed by atoms with Crippen LogP contribution < -0.4 is 9.62 Å². The predicted molar refractivity (Wildman–Crippen MR) is 138 cm³/mol. The van der Waals surface area contributed by atoms with Gasteiger partial charge in [-0.25, -0.2) is 8.42 Å². The van der Waals surface area contributed by atoms with E-state index in [0.717, 1.165) is 10.9 Å². The Morgan fingerprint density at radius 3 is 2.51 bits per heavy atom. The van der Waals surface area contributed by atoms with Crippen LogP contribution in [0.5, 0.6) is 0 Å². The van der Waals surface area contributed by atoms with E-state index >= 15 is 0 Å². The Morgan fingerprint density at radius 2 is 1.80 bits per heavy atom. The van der Waals surface area contributed by atoms with Crippen LogP contribution in [0.1, 0.15) is 32.3 Å². The molecule has 184 valence electrons. The zero-order valence-corrected chi connectivity index (χ0v) is 21.3. The number of amides is 2. The lowest BCUT2D eigenvalue weighted by atomic mass is 10.1. The summed E-state index contributed by atoms with van der Waals surface area (Å²) in [4.78, 5) is 27.6. The summed E-state index contributed by atoms with van der Waals surface area (Å²) in [6.45, 7) is 4.37. The number of anilines is 1. The maximum absolute atomic E-state index is 13.3. The third-order valence-corrected chi connectivity index (χ3v) is 8.28. The number of hydrogen-bond acceptors (Lipinski definition) is 4. The molecule has 35 heavy (non-hydrogen) atoms. The Kier molecular flexibility index (Phi) is 7.33. The Morgan fingerprint density at radius 1 is 1.09 bits per heavy atom. The molecular weight excluding hydrogens is 486 g/mol. The van der Waals surface area contributed by atoms with Gasteiger partial charge >= 0.3 is 0 Å². The van der Waals surface area contributed by atoms with Crippen LogP contribution in [0, 0.1) is 0 Å². The van der Waals surface area contributed by atoms with E-state index in [0.29, 0.717) is 34.0 Å². The average molecular weight is 514 g/mol. The van der Waals surface area contributed by atoms with Gasteiger partial charge in [-0.1, -0.05) is 48.0 Å². The van der Waals surface area contributed by atoms with Crippen LogP contribution >= 0.6 is 11.6 Å². The molecular formula is C26H28ClN3O4S. The van der Waals surface area contributed by atoms with Crippen molar-refractivity contribution in [3.63, 3.8) is 0 Å². The van der Waals surface area contributed by atoms with Gasteiger partial charge in [0.1, 0.15) is 6.04 Å². The van der Waals surface area contributed by atoms with Crippen LogP contribution in [-0.4, -0.2) is 44.3 Å². The van der Waals surface area contributed by atoms with Gasteiger partial charge in [-0.05, 0) is 55.5 Å². The number of carbonyl (C=O) groups is 2. The highest BCUT2D eigenvalue weighted by atomic mass is 35.5. The molecule has 1 N–H and O–H groups in total. The number of benzene rings is 3. The summed E-state index contributed by atoms with van der Waals surface area (Å²) in [5.74, 6) is -0.469. The third-order valence-electron chi connectivity index (χ3n) is 6.19. The quantitative estimate of drug-likeness (QED) is 0.461. The van der Waals surface area contributed by atoms with Crippen molar-refractivity contribution in [2.24, 2.45) is 0 Å². The zero-order valence-electron chi connectivity index (χ0n) is 19.7. The fourth-order valence-corrected chi connectivity index (χ4v) is 6.41. The highest BCUT2D eigenvalue weighted by Gasteiger charge is 2.35. The third kappa shape index (κ3) is 4.99. The molecule has 1 atom stereocenters. The lowest BCUT2D eigenvalue weighted by molar-refractivity contribution is -0.140. The van der Waals surface area contributed by atoms with Crippen LogP contribution in [0.15, 0.2) is 65.6 Å². The summed E-state index contributed by atoms with van der Waals surface area (Å²) < 4.78 is 27.7. The number of sulfonamides is 1. The van der Waals surface area contributed by atoms with Gasteiger partial charge in [0.05, 0.1) is 10.6 Å². The van der Waals surface area contributed by atoms with Crippen LogP contribution in [-0.2, 0) is 26.2 Å². The van der Waals surface area contributed by atoms with Crippen LogP contribution in [0.25, 0.3) is 10.8 Å². The van der Waals surface area contributed by atoms with Gasteiger partial charge in [-0.15, -0.1) is 0 Å². The van der Waals surface area contributed by atoms with Crippen LogP contribution in [0.2, 0.25) is 5.02 Å². The van der Waals surface area contributed by atoms with E-state index in [1.54, 1.807) is 43.3 Å². The van der Waals surface area contributed by atoms with E-state index in [1.807, 2.05) is 31.2 Å². The summed E-state index contributed by atoms with van der Waals surface area (Å²) in [5.41, 5.74) is 1.45. The van der Waals surface area contributed by atoms with E-state index in [2.05, 4.69) is 5.32 Å². The van der Waals surface area contributed by atoms with Gasteiger partial charge in [0, 0.05) is 36.5 Å². The molecule has 4 rings (SSSR count). The van der Waals surface area contributed by atoms with E-state index in [4.69, 9.17) is 11.6 Å². The molecule has 0 spiro atoms. The average Bonchev–Trinajstić information content (AvgIpc) is 3.05. The lowest BCUT2D eigenvalue weighted by Gasteiger charge is -2.29. The largest absolute Gasteiger partial charge is 0.355 e. The maximum atomic E-state index is 13.3. The highest BCUT2D eigenvalue weighted by molar-refractivity contribution is 7.93. The molecule has 7 nitrogen and oxygen atoms in total. The number of nitrogens with zero attached hydrogens (tertiary/aromatic N) is 2. The molecule has 3 aromatic carbocycles. The molecule has 0 unspecified atom stereocenters. The Balaban J connectivity index is 1.50. The minimum atomic E-state index is -3.68. The fourth-order valence-electron chi connectivity index (χ4n) is 4.45. The number of likely N-dealkylation sites (N-methyl/N-ethyl adjacent to an activating group) is 1. The molecule has 1 heterocycles. The number of rotatable bonds is 9. The number of hydrogen-bond donors (Lipinski definition) is 1. The maximum Gasteiger partial charge on any atom is 0.265 e. The Bertz CT molecular complexity index is 1370. The topological polar surface area (TPSA) is 86.8 Å². The molecule has 1 aliphatic heterocycles. The standard InChI is InChI=1S/C26H28ClN3O4S/c1-3-28-26(32)18(2)29(17-19-8-4-11-21(27)16-19)24(31)14-7-15-30-22-12-5-9-20-10-6-13-23(25(20)22)35(30,33)34/h4-6,8-13,16,18H,3,7,14-15,17H2,1-2H3,(H,28,32)/t18-/m1/s1. The summed E-state index contributed by atoms with van der Waals surface area (Å²) in [7, 11) is -3.68. The molecule has 0 saturated carbocycles. The summed E-state index contributed by atoms with van der Waals surface area (Å²) in [6, 6.07) is 17.2. The first kappa shape index (κ1) is 25.0. The Hall–Kier alpha value is -3.10. The van der Waals surface area contributed by atoms with Crippen molar-refractivity contribution in [1.82, 2.24) is 10.2 Å². The first-order valence-electron chi connectivity index (χ1n) is 11.6. The van der Waals surface area contributed by atoms with Crippen molar-refractivity contribution in [2.45, 2.75) is 44.2 Å². The van der Waals surface area contributed by atoms with Crippen molar-refractivity contribution in [3.05, 3.63) is 71.2 Å². The zero-order chi connectivity index (χ0) is 25.2. The van der Waals surface area contributed by atoms with Gasteiger partial charge in [0.25, 0.3) is 10.0 Å². The summed E-state index contributed by atoms with van der Waals surface area (Å²) in [6.07, 6.45) is 0.416. The Labute approximate surface area is 210 Å². The van der Waals surface area contributed by atoms with E-state index in [-0.39, 0.29) is 31.3 Å². The molecule has 0 radical (unpaired) electrons. The minimum Gasteiger partial charge on any atom is -0.355 e. The number of nitrogens with one attached hydrogen (secondary N) is 1. The van der Waals surface area contributed by atoms with Crippen molar-refractivity contribution < 1.29 is 18.0 Å². The second kappa shape index (κ2) is 10.3. The fraction of sp³-hybridized carbons (Fsp3) is 0.308. The SMILES string of the molecule is CCNC(=O)[C@@H](C)N(Cc1cccc(Cl)c1)C(=O)CCCN1c2cccc3cccc(c23)S1(=O)=O.